The standard InChI is InChI=1S/C19H22N2O6S/c1-3-26-16-7-9-18(10-8-16)28(24,25)21-12-11-20-19(23)15-5-4-6-17(13-15)27-14(2)22/h4-10,13,21H,3,11-12H2,1-2H3,(H,20,23). The fourth-order valence-corrected chi connectivity index (χ4v) is 3.33. The number of sulfonamides is 1. The Morgan fingerprint density at radius 2 is 1.71 bits per heavy atom. The average Bonchev–Trinajstić information content (AvgIpc) is 2.65. The van der Waals surface area contributed by atoms with Crippen LogP contribution in [-0.4, -0.2) is 40.0 Å². The highest BCUT2D eigenvalue weighted by atomic mass is 32.2. The Bertz CT molecular complexity index is 926. The van der Waals surface area contributed by atoms with Crippen LogP contribution in [0, 0.1) is 0 Å². The number of rotatable bonds is 9. The topological polar surface area (TPSA) is 111 Å². The number of nitrogens with one attached hydrogen (secondary N) is 2. The Kier molecular flexibility index (Phi) is 7.53. The monoisotopic (exact) mass is 406 g/mol. The number of benzene rings is 2. The first kappa shape index (κ1) is 21.4. The lowest BCUT2D eigenvalue weighted by atomic mass is 10.2. The van der Waals surface area contributed by atoms with Gasteiger partial charge in [0.05, 0.1) is 11.5 Å². The van der Waals surface area contributed by atoms with Gasteiger partial charge in [-0.15, -0.1) is 0 Å². The number of esters is 1. The number of hydrogen-bond acceptors (Lipinski definition) is 6. The smallest absolute Gasteiger partial charge is 0.308 e. The first-order valence-corrected chi connectivity index (χ1v) is 10.1. The van der Waals surface area contributed by atoms with E-state index in [4.69, 9.17) is 9.47 Å². The predicted molar refractivity (Wildman–Crippen MR) is 103 cm³/mol. The normalized spacial score (nSPS) is 10.9. The van der Waals surface area contributed by atoms with E-state index in [1.54, 1.807) is 30.3 Å². The highest BCUT2D eigenvalue weighted by Crippen LogP contribution is 2.16. The summed E-state index contributed by atoms with van der Waals surface area (Å²) < 4.78 is 37.1. The molecule has 0 aliphatic heterocycles. The molecule has 0 unspecified atom stereocenters. The van der Waals surface area contributed by atoms with Crippen molar-refractivity contribution in [2.24, 2.45) is 0 Å². The molecule has 0 aliphatic carbocycles. The van der Waals surface area contributed by atoms with E-state index in [2.05, 4.69) is 10.0 Å². The van der Waals surface area contributed by atoms with Crippen LogP contribution in [0.3, 0.4) is 0 Å². The van der Waals surface area contributed by atoms with Gasteiger partial charge < -0.3 is 14.8 Å². The molecule has 9 heteroatoms. The largest absolute Gasteiger partial charge is 0.494 e. The van der Waals surface area contributed by atoms with Crippen LogP contribution in [0.2, 0.25) is 0 Å². The lowest BCUT2D eigenvalue weighted by Crippen LogP contribution is -2.34. The Balaban J connectivity index is 1.86. The van der Waals surface area contributed by atoms with Gasteiger partial charge >= 0.3 is 5.97 Å². The molecule has 1 amide bonds. The van der Waals surface area contributed by atoms with Crippen molar-refractivity contribution < 1.29 is 27.5 Å². The molecule has 2 aromatic carbocycles. The lowest BCUT2D eigenvalue weighted by molar-refractivity contribution is -0.131. The van der Waals surface area contributed by atoms with E-state index in [1.165, 1.54) is 25.1 Å². The average molecular weight is 406 g/mol. The predicted octanol–water partition coefficient (Wildman–Crippen LogP) is 1.72. The molecule has 2 N–H and O–H groups in total. The van der Waals surface area contributed by atoms with Crippen LogP contribution in [0.4, 0.5) is 0 Å². The molecule has 0 spiro atoms. The molecule has 0 saturated heterocycles. The summed E-state index contributed by atoms with van der Waals surface area (Å²) in [5.41, 5.74) is 0.299. The molecule has 0 atom stereocenters. The zero-order chi connectivity index (χ0) is 20.6. The second kappa shape index (κ2) is 9.86. The van der Waals surface area contributed by atoms with Crippen molar-refractivity contribution in [1.82, 2.24) is 10.0 Å². The van der Waals surface area contributed by atoms with Crippen LogP contribution in [0.5, 0.6) is 11.5 Å². The van der Waals surface area contributed by atoms with Gasteiger partial charge in [0, 0.05) is 25.6 Å². The molecule has 8 nitrogen and oxygen atoms in total. The SMILES string of the molecule is CCOc1ccc(S(=O)(=O)NCCNC(=O)c2cccc(OC(C)=O)c2)cc1. The molecule has 0 heterocycles. The maximum atomic E-state index is 12.3. The summed E-state index contributed by atoms with van der Waals surface area (Å²) in [5.74, 6) is -0.0448. The Morgan fingerprint density at radius 3 is 2.36 bits per heavy atom. The van der Waals surface area contributed by atoms with Crippen LogP contribution < -0.4 is 19.5 Å². The van der Waals surface area contributed by atoms with Crippen molar-refractivity contribution in [3.05, 3.63) is 54.1 Å². The zero-order valence-corrected chi connectivity index (χ0v) is 16.4. The quantitative estimate of drug-likeness (QED) is 0.373. The third-order valence-corrected chi connectivity index (χ3v) is 4.98. The van der Waals surface area contributed by atoms with Crippen LogP contribution in [0.1, 0.15) is 24.2 Å². The number of hydrogen-bond donors (Lipinski definition) is 2. The molecule has 150 valence electrons. The maximum Gasteiger partial charge on any atom is 0.308 e. The molecule has 2 rings (SSSR count). The summed E-state index contributed by atoms with van der Waals surface area (Å²) >= 11 is 0. The van der Waals surface area contributed by atoms with Crippen molar-refractivity contribution in [2.45, 2.75) is 18.7 Å². The third kappa shape index (κ3) is 6.36. The minimum absolute atomic E-state index is 0.0188. The van der Waals surface area contributed by atoms with Gasteiger partial charge in [0.1, 0.15) is 11.5 Å². The summed E-state index contributed by atoms with van der Waals surface area (Å²) in [6, 6.07) is 12.2. The van der Waals surface area contributed by atoms with Gasteiger partial charge in [-0.05, 0) is 49.4 Å². The van der Waals surface area contributed by atoms with Gasteiger partial charge in [-0.3, -0.25) is 9.59 Å². The lowest BCUT2D eigenvalue weighted by Gasteiger charge is -2.09. The Morgan fingerprint density at radius 1 is 1.00 bits per heavy atom. The van der Waals surface area contributed by atoms with Crippen molar-refractivity contribution in [2.75, 3.05) is 19.7 Å². The summed E-state index contributed by atoms with van der Waals surface area (Å²) in [6.07, 6.45) is 0. The van der Waals surface area contributed by atoms with Crippen LogP contribution in [-0.2, 0) is 14.8 Å². The van der Waals surface area contributed by atoms with Gasteiger partial charge in [0.2, 0.25) is 10.0 Å². The van der Waals surface area contributed by atoms with E-state index in [-0.39, 0.29) is 23.7 Å². The summed E-state index contributed by atoms with van der Waals surface area (Å²) in [7, 11) is -3.69. The van der Waals surface area contributed by atoms with Crippen LogP contribution in [0.25, 0.3) is 0 Å². The molecule has 2 aromatic rings. The minimum atomic E-state index is -3.69. The minimum Gasteiger partial charge on any atom is -0.494 e. The number of amides is 1. The Labute approximate surface area is 163 Å². The van der Waals surface area contributed by atoms with E-state index >= 15 is 0 Å². The van der Waals surface area contributed by atoms with E-state index < -0.39 is 21.9 Å². The molecule has 0 radical (unpaired) electrons. The number of carbonyl (C=O) groups is 2. The molecular formula is C19H22N2O6S. The second-order valence-electron chi connectivity index (χ2n) is 5.68. The first-order valence-electron chi connectivity index (χ1n) is 8.61. The summed E-state index contributed by atoms with van der Waals surface area (Å²) in [4.78, 5) is 23.2. The van der Waals surface area contributed by atoms with E-state index in [1.807, 2.05) is 6.92 Å². The first-order chi connectivity index (χ1) is 13.3. The fourth-order valence-electron chi connectivity index (χ4n) is 2.30. The van der Waals surface area contributed by atoms with Gasteiger partial charge in [0.25, 0.3) is 5.91 Å². The third-order valence-electron chi connectivity index (χ3n) is 3.51. The van der Waals surface area contributed by atoms with E-state index in [9.17, 15) is 18.0 Å². The summed E-state index contributed by atoms with van der Waals surface area (Å²) in [6.45, 7) is 3.71. The van der Waals surface area contributed by atoms with Gasteiger partial charge in [-0.1, -0.05) is 6.07 Å². The van der Waals surface area contributed by atoms with Gasteiger partial charge in [-0.25, -0.2) is 13.1 Å². The molecule has 0 aliphatic rings. The van der Waals surface area contributed by atoms with Crippen molar-refractivity contribution in [1.29, 1.82) is 0 Å². The molecule has 0 saturated carbocycles. The van der Waals surface area contributed by atoms with Crippen molar-refractivity contribution in [3.63, 3.8) is 0 Å². The fraction of sp³-hybridized carbons (Fsp3) is 0.263. The molecular weight excluding hydrogens is 384 g/mol. The highest BCUT2D eigenvalue weighted by molar-refractivity contribution is 7.89. The molecule has 28 heavy (non-hydrogen) atoms. The molecule has 0 fully saturated rings. The number of ether oxygens (including phenoxy) is 2. The van der Waals surface area contributed by atoms with Gasteiger partial charge in [0.15, 0.2) is 0 Å². The maximum absolute atomic E-state index is 12.3. The zero-order valence-electron chi connectivity index (χ0n) is 15.6. The highest BCUT2D eigenvalue weighted by Gasteiger charge is 2.14. The van der Waals surface area contributed by atoms with E-state index in [0.29, 0.717) is 17.9 Å². The van der Waals surface area contributed by atoms with E-state index in [0.717, 1.165) is 0 Å². The van der Waals surface area contributed by atoms with Crippen LogP contribution in [0.15, 0.2) is 53.4 Å². The molecule has 0 bridgehead atoms. The van der Waals surface area contributed by atoms with Crippen molar-refractivity contribution >= 4 is 21.9 Å². The van der Waals surface area contributed by atoms with Crippen molar-refractivity contribution in [3.8, 4) is 11.5 Å². The van der Waals surface area contributed by atoms with Gasteiger partial charge in [-0.2, -0.15) is 0 Å². The second-order valence-corrected chi connectivity index (χ2v) is 7.45. The summed E-state index contributed by atoms with van der Waals surface area (Å²) in [5, 5.41) is 2.60. The van der Waals surface area contributed by atoms with Crippen LogP contribution >= 0.6 is 0 Å². The Hall–Kier alpha value is -2.91. The number of carbonyl (C=O) groups excluding carboxylic acids is 2. The molecule has 0 aromatic heterocycles.